The van der Waals surface area contributed by atoms with E-state index < -0.39 is 0 Å². The van der Waals surface area contributed by atoms with E-state index in [4.69, 9.17) is 13.1 Å². The molecular weight excluding hydrogens is 671 g/mol. The normalized spacial score (nSPS) is 11.6. The number of rotatable bonds is 4. The highest BCUT2D eigenvalue weighted by Gasteiger charge is 2.23. The Morgan fingerprint density at radius 2 is 0.818 bits per heavy atom. The first kappa shape index (κ1) is 30.7. The van der Waals surface area contributed by atoms with E-state index in [1.807, 2.05) is 42.5 Å². The fourth-order valence-corrected chi connectivity index (χ4v) is 8.88. The minimum absolute atomic E-state index is 0.570. The van der Waals surface area contributed by atoms with E-state index in [1.165, 1.54) is 21.8 Å². The van der Waals surface area contributed by atoms with Crippen LogP contribution in [0.15, 0.2) is 176 Å². The number of fused-ring (bicyclic) bond motifs is 9. The Labute approximate surface area is 316 Å². The maximum atomic E-state index is 8.46. The molecule has 254 valence electrons. The van der Waals surface area contributed by atoms with Crippen LogP contribution in [-0.2, 0) is 0 Å². The molecule has 11 aromatic rings. The van der Waals surface area contributed by atoms with E-state index in [2.05, 4.69) is 157 Å². The van der Waals surface area contributed by atoms with Gasteiger partial charge in [0.1, 0.15) is 0 Å². The molecule has 0 amide bonds. The van der Waals surface area contributed by atoms with Crippen LogP contribution in [0.5, 0.6) is 0 Å². The lowest BCUT2D eigenvalue weighted by Crippen LogP contribution is -2.01. The Hall–Kier alpha value is -7.86. The molecule has 0 N–H and O–H groups in total. The molecule has 0 saturated carbocycles. The van der Waals surface area contributed by atoms with E-state index in [0.29, 0.717) is 11.4 Å². The van der Waals surface area contributed by atoms with Crippen LogP contribution in [0.3, 0.4) is 0 Å². The van der Waals surface area contributed by atoms with Crippen molar-refractivity contribution in [2.45, 2.75) is 0 Å². The van der Waals surface area contributed by atoms with E-state index >= 15 is 0 Å². The molecule has 0 bridgehead atoms. The van der Waals surface area contributed by atoms with E-state index in [0.717, 1.165) is 71.8 Å². The van der Waals surface area contributed by atoms with Crippen LogP contribution >= 0.6 is 0 Å². The standard InChI is InChI=1S/C50H29N5/c1-51-39-20-13-27-47(49(39)36-18-6-11-25-44(36)55-45-26-12-7-19-37(45)50-40(52-2)21-14-28-48(50)55)54-43-24-10-5-17-35(43)38-31-32(29-30-46(38)54)53-41-22-8-3-15-33(41)34-16-4-9-23-42(34)53/h3-31H. The third-order valence-corrected chi connectivity index (χ3v) is 11.1. The first-order valence-electron chi connectivity index (χ1n) is 18.3. The van der Waals surface area contributed by atoms with Crippen LogP contribution in [0, 0.1) is 13.1 Å². The summed E-state index contributed by atoms with van der Waals surface area (Å²) in [6.07, 6.45) is 0. The molecule has 55 heavy (non-hydrogen) atoms. The fraction of sp³-hybridized carbons (Fsp3) is 0. The highest BCUT2D eigenvalue weighted by molar-refractivity contribution is 6.16. The van der Waals surface area contributed by atoms with E-state index in [9.17, 15) is 0 Å². The van der Waals surface area contributed by atoms with Gasteiger partial charge in [-0.05, 0) is 71.6 Å². The zero-order valence-electron chi connectivity index (χ0n) is 29.5. The average Bonchev–Trinajstić information content (AvgIpc) is 3.89. The summed E-state index contributed by atoms with van der Waals surface area (Å²) in [5, 5.41) is 6.70. The summed E-state index contributed by atoms with van der Waals surface area (Å²) in [5.41, 5.74) is 12.4. The van der Waals surface area contributed by atoms with Crippen LogP contribution in [0.4, 0.5) is 11.4 Å². The van der Waals surface area contributed by atoms with Crippen molar-refractivity contribution in [2.24, 2.45) is 0 Å². The molecule has 0 saturated heterocycles. The molecule has 0 aliphatic carbocycles. The van der Waals surface area contributed by atoms with Gasteiger partial charge in [0.25, 0.3) is 0 Å². The van der Waals surface area contributed by atoms with E-state index in [1.54, 1.807) is 0 Å². The third kappa shape index (κ3) is 4.33. The molecule has 0 atom stereocenters. The van der Waals surface area contributed by atoms with Gasteiger partial charge in [-0.1, -0.05) is 115 Å². The first-order valence-corrected chi connectivity index (χ1v) is 18.3. The Bertz CT molecular complexity index is 3420. The highest BCUT2D eigenvalue weighted by atomic mass is 15.0. The Morgan fingerprint density at radius 3 is 1.51 bits per heavy atom. The number of para-hydroxylation sites is 5. The van der Waals surface area contributed by atoms with Gasteiger partial charge in [-0.15, -0.1) is 0 Å². The van der Waals surface area contributed by atoms with Gasteiger partial charge >= 0.3 is 0 Å². The largest absolute Gasteiger partial charge is 0.310 e. The summed E-state index contributed by atoms with van der Waals surface area (Å²) < 4.78 is 6.94. The molecule has 0 unspecified atom stereocenters. The summed E-state index contributed by atoms with van der Waals surface area (Å²) in [4.78, 5) is 8.06. The second-order valence-corrected chi connectivity index (χ2v) is 13.9. The minimum atomic E-state index is 0.570. The lowest BCUT2D eigenvalue weighted by atomic mass is 9.98. The molecule has 3 heterocycles. The number of benzene rings is 8. The van der Waals surface area contributed by atoms with Crippen molar-refractivity contribution in [3.63, 3.8) is 0 Å². The van der Waals surface area contributed by atoms with Gasteiger partial charge in [-0.25, -0.2) is 9.69 Å². The van der Waals surface area contributed by atoms with Gasteiger partial charge in [0.2, 0.25) is 0 Å². The summed E-state index contributed by atoms with van der Waals surface area (Å²) in [6.45, 7) is 16.4. The van der Waals surface area contributed by atoms with Crippen molar-refractivity contribution in [3.05, 3.63) is 199 Å². The molecule has 3 aromatic heterocycles. The van der Waals surface area contributed by atoms with Crippen molar-refractivity contribution in [1.82, 2.24) is 13.7 Å². The number of nitrogens with zero attached hydrogens (tertiary/aromatic N) is 5. The topological polar surface area (TPSA) is 23.5 Å². The molecule has 5 heteroatoms. The second kappa shape index (κ2) is 11.8. The molecular formula is C50H29N5. The molecule has 8 aromatic carbocycles. The Kier molecular flexibility index (Phi) is 6.61. The molecule has 5 nitrogen and oxygen atoms in total. The lowest BCUT2D eigenvalue weighted by molar-refractivity contribution is 1.16. The zero-order valence-corrected chi connectivity index (χ0v) is 29.5. The predicted molar refractivity (Wildman–Crippen MR) is 227 cm³/mol. The maximum absolute atomic E-state index is 8.46. The predicted octanol–water partition coefficient (Wildman–Crippen LogP) is 13.7. The quantitative estimate of drug-likeness (QED) is 0.163. The Morgan fingerprint density at radius 1 is 0.345 bits per heavy atom. The summed E-state index contributed by atoms with van der Waals surface area (Å²) in [5.74, 6) is 0. The molecule has 0 aliphatic rings. The van der Waals surface area contributed by atoms with Crippen molar-refractivity contribution in [1.29, 1.82) is 0 Å². The molecule has 0 aliphatic heterocycles. The third-order valence-electron chi connectivity index (χ3n) is 11.1. The summed E-state index contributed by atoms with van der Waals surface area (Å²) >= 11 is 0. The summed E-state index contributed by atoms with van der Waals surface area (Å²) in [6, 6.07) is 61.1. The van der Waals surface area contributed by atoms with Crippen LogP contribution in [0.25, 0.3) is 103 Å². The zero-order chi connectivity index (χ0) is 36.6. The lowest BCUT2D eigenvalue weighted by Gasteiger charge is -2.20. The Balaban J connectivity index is 1.20. The molecule has 0 spiro atoms. The van der Waals surface area contributed by atoms with Gasteiger partial charge in [0, 0.05) is 49.4 Å². The minimum Gasteiger partial charge on any atom is -0.310 e. The molecule has 0 radical (unpaired) electrons. The van der Waals surface area contributed by atoms with Crippen LogP contribution in [-0.4, -0.2) is 13.7 Å². The maximum Gasteiger partial charge on any atom is 0.197 e. The van der Waals surface area contributed by atoms with Gasteiger partial charge in [0.15, 0.2) is 11.4 Å². The van der Waals surface area contributed by atoms with Gasteiger partial charge in [-0.3, -0.25) is 0 Å². The molecule has 0 fully saturated rings. The van der Waals surface area contributed by atoms with Crippen LogP contribution in [0.2, 0.25) is 0 Å². The SMILES string of the molecule is [C-]#[N+]c1cccc(-n2c3ccccc3c3cc(-n4c5ccccc5c5ccccc54)ccc32)c1-c1ccccc1-n1c2ccccc2c2c([N+]#[C-])cccc21. The van der Waals surface area contributed by atoms with Gasteiger partial charge in [0.05, 0.1) is 46.4 Å². The van der Waals surface area contributed by atoms with Crippen molar-refractivity contribution < 1.29 is 0 Å². The van der Waals surface area contributed by atoms with Crippen molar-refractivity contribution >= 4 is 76.8 Å². The number of hydrogen-bond acceptors (Lipinski definition) is 0. The van der Waals surface area contributed by atoms with Crippen molar-refractivity contribution in [2.75, 3.05) is 0 Å². The average molecular weight is 700 g/mol. The van der Waals surface area contributed by atoms with E-state index in [-0.39, 0.29) is 0 Å². The molecule has 11 rings (SSSR count). The first-order chi connectivity index (χ1) is 27.2. The fourth-order valence-electron chi connectivity index (χ4n) is 8.88. The van der Waals surface area contributed by atoms with Gasteiger partial charge < -0.3 is 13.7 Å². The number of hydrogen-bond donors (Lipinski definition) is 0. The smallest absolute Gasteiger partial charge is 0.197 e. The number of aromatic nitrogens is 3. The van der Waals surface area contributed by atoms with Crippen molar-refractivity contribution in [3.8, 4) is 28.2 Å². The second-order valence-electron chi connectivity index (χ2n) is 13.9. The van der Waals surface area contributed by atoms with Crippen LogP contribution in [0.1, 0.15) is 0 Å². The monoisotopic (exact) mass is 699 g/mol. The van der Waals surface area contributed by atoms with Crippen LogP contribution < -0.4 is 0 Å². The van der Waals surface area contributed by atoms with Gasteiger partial charge in [-0.2, -0.15) is 0 Å². The highest BCUT2D eigenvalue weighted by Crippen LogP contribution is 2.46. The summed E-state index contributed by atoms with van der Waals surface area (Å²) in [7, 11) is 0.